The molecule has 2 aromatic rings. The van der Waals surface area contributed by atoms with Crippen molar-refractivity contribution >= 4 is 10.8 Å². The van der Waals surface area contributed by atoms with Gasteiger partial charge in [-0.3, -0.25) is 0 Å². The second kappa shape index (κ2) is 11.9. The Hall–Kier alpha value is -1.64. The Balaban J connectivity index is 1.44. The number of aryl methyl sites for hydroxylation is 1. The molecule has 0 spiro atoms. The van der Waals surface area contributed by atoms with Crippen molar-refractivity contribution in [3.63, 3.8) is 0 Å². The van der Waals surface area contributed by atoms with Crippen LogP contribution in [0.5, 0.6) is 5.75 Å². The van der Waals surface area contributed by atoms with E-state index in [0.717, 1.165) is 74.2 Å². The first-order valence-electron chi connectivity index (χ1n) is 14.1. The van der Waals surface area contributed by atoms with E-state index in [-0.39, 0.29) is 11.2 Å². The van der Waals surface area contributed by atoms with Gasteiger partial charge in [-0.05, 0) is 79.9 Å². The normalized spacial score (nSPS) is 23.9. The molecule has 0 N–H and O–H groups in total. The summed E-state index contributed by atoms with van der Waals surface area (Å²) >= 11 is 0. The third-order valence-corrected chi connectivity index (χ3v) is 8.84. The Morgan fingerprint density at radius 1 is 0.853 bits per heavy atom. The smallest absolute Gasteiger partial charge is 0.201 e. The first-order valence-corrected chi connectivity index (χ1v) is 14.1. The van der Waals surface area contributed by atoms with Crippen LogP contribution < -0.4 is 4.74 Å². The van der Waals surface area contributed by atoms with E-state index in [2.05, 4.69) is 13.8 Å². The maximum atomic E-state index is 15.0. The molecule has 1 nitrogen and oxygen atoms in total. The first-order chi connectivity index (χ1) is 16.5. The van der Waals surface area contributed by atoms with Crippen molar-refractivity contribution < 1.29 is 13.5 Å². The molecule has 0 bridgehead atoms. The second-order valence-electron chi connectivity index (χ2n) is 11.3. The molecule has 0 unspecified atom stereocenters. The van der Waals surface area contributed by atoms with E-state index >= 15 is 8.78 Å². The maximum absolute atomic E-state index is 15.0. The third-order valence-electron chi connectivity index (χ3n) is 8.84. The van der Waals surface area contributed by atoms with Gasteiger partial charge in [0.25, 0.3) is 0 Å². The minimum atomic E-state index is -0.833. The van der Waals surface area contributed by atoms with Gasteiger partial charge in [0, 0.05) is 10.8 Å². The molecular formula is C31H44F2O. The van der Waals surface area contributed by atoms with Crippen LogP contribution in [0.15, 0.2) is 24.3 Å². The number of unbranched alkanes of at least 4 members (excludes halogenated alkanes) is 2. The Labute approximate surface area is 205 Å². The Morgan fingerprint density at radius 2 is 1.59 bits per heavy atom. The van der Waals surface area contributed by atoms with E-state index in [1.165, 1.54) is 44.9 Å². The van der Waals surface area contributed by atoms with Gasteiger partial charge in [-0.25, -0.2) is 4.39 Å². The van der Waals surface area contributed by atoms with E-state index in [4.69, 9.17) is 4.74 Å². The molecule has 3 heteroatoms. The van der Waals surface area contributed by atoms with Crippen LogP contribution >= 0.6 is 0 Å². The molecule has 2 fully saturated rings. The fourth-order valence-corrected chi connectivity index (χ4v) is 6.75. The van der Waals surface area contributed by atoms with Crippen molar-refractivity contribution in [3.05, 3.63) is 41.5 Å². The van der Waals surface area contributed by atoms with Crippen LogP contribution in [-0.4, -0.2) is 6.61 Å². The molecule has 0 amide bonds. The van der Waals surface area contributed by atoms with Crippen LogP contribution in [0, 0.1) is 28.9 Å². The van der Waals surface area contributed by atoms with E-state index in [9.17, 15) is 0 Å². The summed E-state index contributed by atoms with van der Waals surface area (Å²) in [4.78, 5) is 0. The number of halogens is 2. The van der Waals surface area contributed by atoms with Crippen LogP contribution in [0.25, 0.3) is 10.8 Å². The highest BCUT2D eigenvalue weighted by Gasteiger charge is 2.38. The summed E-state index contributed by atoms with van der Waals surface area (Å²) in [6, 6.07) is 7.49. The number of fused-ring (bicyclic) bond motifs is 1. The van der Waals surface area contributed by atoms with E-state index < -0.39 is 11.6 Å². The van der Waals surface area contributed by atoms with Gasteiger partial charge in [-0.1, -0.05) is 77.3 Å². The molecule has 0 aromatic heterocycles. The van der Waals surface area contributed by atoms with Gasteiger partial charge >= 0.3 is 0 Å². The largest absolute Gasteiger partial charge is 0.490 e. The average molecular weight is 471 g/mol. The fourth-order valence-electron chi connectivity index (χ4n) is 6.75. The molecule has 4 rings (SSSR count). The standard InChI is InChI=1S/C31H44F2O/c1-3-5-7-10-23-13-14-26-21-28(30(33)29(32)27(26)20-23)34-22-31(17-4-2)18-15-25(16-19-31)24-11-8-6-9-12-24/h13-14,20-21,24-25H,3-12,15-19,22H2,1-2H3/t25-,31-. The Morgan fingerprint density at radius 3 is 2.29 bits per heavy atom. The molecule has 188 valence electrons. The lowest BCUT2D eigenvalue weighted by molar-refractivity contribution is 0.0456. The quantitative estimate of drug-likeness (QED) is 0.314. The van der Waals surface area contributed by atoms with Crippen molar-refractivity contribution in [2.75, 3.05) is 6.61 Å². The molecule has 0 atom stereocenters. The van der Waals surface area contributed by atoms with Crippen LogP contribution in [0.3, 0.4) is 0 Å². The van der Waals surface area contributed by atoms with Crippen LogP contribution in [0.2, 0.25) is 0 Å². The molecule has 2 aromatic carbocycles. The molecule has 2 aliphatic rings. The van der Waals surface area contributed by atoms with Gasteiger partial charge in [-0.15, -0.1) is 0 Å². The lowest BCUT2D eigenvalue weighted by atomic mass is 9.64. The van der Waals surface area contributed by atoms with Crippen molar-refractivity contribution in [2.24, 2.45) is 17.3 Å². The number of hydrogen-bond acceptors (Lipinski definition) is 1. The minimum absolute atomic E-state index is 0.0774. The summed E-state index contributed by atoms with van der Waals surface area (Å²) < 4.78 is 36.2. The van der Waals surface area contributed by atoms with Crippen molar-refractivity contribution in [1.29, 1.82) is 0 Å². The molecule has 2 aliphatic carbocycles. The monoisotopic (exact) mass is 470 g/mol. The molecule has 0 heterocycles. The topological polar surface area (TPSA) is 9.23 Å². The summed E-state index contributed by atoms with van der Waals surface area (Å²) in [6.45, 7) is 4.89. The highest BCUT2D eigenvalue weighted by molar-refractivity contribution is 5.85. The lowest BCUT2D eigenvalue weighted by Crippen LogP contribution is -2.35. The van der Waals surface area contributed by atoms with E-state index in [1.54, 1.807) is 6.07 Å². The Kier molecular flexibility index (Phi) is 8.88. The molecular weight excluding hydrogens is 426 g/mol. The Bertz CT molecular complexity index is 923. The molecule has 34 heavy (non-hydrogen) atoms. The van der Waals surface area contributed by atoms with Crippen LogP contribution in [0.4, 0.5) is 8.78 Å². The zero-order valence-electron chi connectivity index (χ0n) is 21.4. The highest BCUT2D eigenvalue weighted by Crippen LogP contribution is 2.47. The third kappa shape index (κ3) is 5.94. The van der Waals surface area contributed by atoms with Crippen LogP contribution in [-0.2, 0) is 6.42 Å². The lowest BCUT2D eigenvalue weighted by Gasteiger charge is -2.43. The van der Waals surface area contributed by atoms with Crippen molar-refractivity contribution in [2.45, 2.75) is 110 Å². The van der Waals surface area contributed by atoms with E-state index in [0.29, 0.717) is 12.0 Å². The molecule has 0 radical (unpaired) electrons. The minimum Gasteiger partial charge on any atom is -0.490 e. The molecule has 0 aliphatic heterocycles. The summed E-state index contributed by atoms with van der Waals surface area (Å²) in [6.07, 6.45) is 18.4. The fraction of sp³-hybridized carbons (Fsp3) is 0.677. The van der Waals surface area contributed by atoms with Crippen molar-refractivity contribution in [3.8, 4) is 5.75 Å². The predicted molar refractivity (Wildman–Crippen MR) is 138 cm³/mol. The van der Waals surface area contributed by atoms with Gasteiger partial charge in [0.15, 0.2) is 11.6 Å². The maximum Gasteiger partial charge on any atom is 0.201 e. The highest BCUT2D eigenvalue weighted by atomic mass is 19.2. The van der Waals surface area contributed by atoms with Gasteiger partial charge in [0.05, 0.1) is 6.61 Å². The number of ether oxygens (including phenoxy) is 1. The second-order valence-corrected chi connectivity index (χ2v) is 11.3. The summed E-state index contributed by atoms with van der Waals surface area (Å²) in [7, 11) is 0. The van der Waals surface area contributed by atoms with Crippen molar-refractivity contribution in [1.82, 2.24) is 0 Å². The zero-order valence-corrected chi connectivity index (χ0v) is 21.4. The zero-order chi connectivity index (χ0) is 24.0. The number of benzene rings is 2. The van der Waals surface area contributed by atoms with Gasteiger partial charge < -0.3 is 4.74 Å². The average Bonchev–Trinajstić information content (AvgIpc) is 2.87. The molecule has 2 saturated carbocycles. The number of rotatable bonds is 10. The van der Waals surface area contributed by atoms with Gasteiger partial charge in [0.2, 0.25) is 5.82 Å². The van der Waals surface area contributed by atoms with Gasteiger partial charge in [0.1, 0.15) is 0 Å². The van der Waals surface area contributed by atoms with Gasteiger partial charge in [-0.2, -0.15) is 4.39 Å². The molecule has 0 saturated heterocycles. The van der Waals surface area contributed by atoms with E-state index in [1.807, 2.05) is 18.2 Å². The summed E-state index contributed by atoms with van der Waals surface area (Å²) in [5.74, 6) is 0.240. The van der Waals surface area contributed by atoms with Crippen LogP contribution in [0.1, 0.15) is 109 Å². The summed E-state index contributed by atoms with van der Waals surface area (Å²) in [5, 5.41) is 1.09. The summed E-state index contributed by atoms with van der Waals surface area (Å²) in [5.41, 5.74) is 1.17. The predicted octanol–water partition coefficient (Wildman–Crippen LogP) is 9.79. The first kappa shape index (κ1) is 25.5. The number of hydrogen-bond donors (Lipinski definition) is 0. The SMILES string of the molecule is CCCCCc1ccc2cc(OC[C@]3(CCC)CC[C@@H](C4CCCCC4)CC3)c(F)c(F)c2c1.